The second-order valence-corrected chi connectivity index (χ2v) is 5.47. The van der Waals surface area contributed by atoms with Gasteiger partial charge in [0.2, 0.25) is 0 Å². The van der Waals surface area contributed by atoms with Crippen molar-refractivity contribution in [2.45, 2.75) is 25.9 Å². The zero-order chi connectivity index (χ0) is 15.2. The van der Waals surface area contributed by atoms with Crippen molar-refractivity contribution in [3.8, 4) is 0 Å². The van der Waals surface area contributed by atoms with E-state index in [0.29, 0.717) is 6.61 Å². The first kappa shape index (κ1) is 15.0. The maximum absolute atomic E-state index is 5.92. The van der Waals surface area contributed by atoms with Gasteiger partial charge in [0, 0.05) is 0 Å². The van der Waals surface area contributed by atoms with Crippen LogP contribution in [0.5, 0.6) is 0 Å². The molecule has 0 saturated carbocycles. The normalized spacial score (nSPS) is 22.4. The Morgan fingerprint density at radius 2 is 1.77 bits per heavy atom. The molecule has 0 amide bonds. The zero-order valence-electron chi connectivity index (χ0n) is 12.8. The molecule has 2 unspecified atom stereocenters. The predicted molar refractivity (Wildman–Crippen MR) is 87.7 cm³/mol. The second kappa shape index (κ2) is 7.36. The van der Waals surface area contributed by atoms with Gasteiger partial charge in [0.1, 0.15) is 0 Å². The van der Waals surface area contributed by atoms with E-state index >= 15 is 0 Å². The Bertz CT molecular complexity index is 597. The quantitative estimate of drug-likeness (QED) is 0.835. The van der Waals surface area contributed by atoms with Gasteiger partial charge in [-0.05, 0) is 24.1 Å². The molecule has 0 bridgehead atoms. The molecule has 1 aliphatic heterocycles. The van der Waals surface area contributed by atoms with Crippen LogP contribution in [0.4, 0.5) is 0 Å². The number of rotatable bonds is 5. The molecule has 1 fully saturated rings. The minimum atomic E-state index is -0.140. The first-order chi connectivity index (χ1) is 10.8. The van der Waals surface area contributed by atoms with Crippen LogP contribution >= 0.6 is 0 Å². The van der Waals surface area contributed by atoms with Crippen molar-refractivity contribution >= 4 is 6.08 Å². The van der Waals surface area contributed by atoms with Crippen molar-refractivity contribution < 1.29 is 9.57 Å². The van der Waals surface area contributed by atoms with Gasteiger partial charge in [0.05, 0.1) is 19.3 Å². The maximum Gasteiger partial charge on any atom is 0.152 e. The third-order valence-corrected chi connectivity index (χ3v) is 3.59. The minimum Gasteiger partial charge on any atom is -0.353 e. The van der Waals surface area contributed by atoms with Crippen LogP contribution in [0, 0.1) is 0 Å². The molecule has 1 aliphatic rings. The van der Waals surface area contributed by atoms with E-state index in [1.54, 1.807) is 0 Å². The standard InChI is InChI=1S/C19H21NO2/c1-16-14-20(21-15-18-10-6-3-7-11-18)19(22-16)13-12-17-8-4-2-5-9-17/h2-13,16,19H,14-15H2,1H3. The van der Waals surface area contributed by atoms with E-state index < -0.39 is 0 Å². The molecule has 3 nitrogen and oxygen atoms in total. The molecule has 0 aromatic heterocycles. The average molecular weight is 295 g/mol. The van der Waals surface area contributed by atoms with Crippen molar-refractivity contribution in [2.75, 3.05) is 6.54 Å². The van der Waals surface area contributed by atoms with E-state index in [1.165, 1.54) is 0 Å². The first-order valence-corrected chi connectivity index (χ1v) is 7.63. The highest BCUT2D eigenvalue weighted by atomic mass is 16.7. The van der Waals surface area contributed by atoms with Crippen LogP contribution in [-0.2, 0) is 16.2 Å². The van der Waals surface area contributed by atoms with Crippen LogP contribution in [-0.4, -0.2) is 23.9 Å². The minimum absolute atomic E-state index is 0.140. The maximum atomic E-state index is 5.92. The summed E-state index contributed by atoms with van der Waals surface area (Å²) in [5, 5.41) is 1.91. The highest BCUT2D eigenvalue weighted by Crippen LogP contribution is 2.19. The zero-order valence-corrected chi connectivity index (χ0v) is 12.8. The molecule has 2 atom stereocenters. The van der Waals surface area contributed by atoms with Gasteiger partial charge in [0.25, 0.3) is 0 Å². The van der Waals surface area contributed by atoms with E-state index in [-0.39, 0.29) is 12.3 Å². The first-order valence-electron chi connectivity index (χ1n) is 7.63. The second-order valence-electron chi connectivity index (χ2n) is 5.47. The number of benzene rings is 2. The highest BCUT2D eigenvalue weighted by Gasteiger charge is 2.29. The topological polar surface area (TPSA) is 21.7 Å². The summed E-state index contributed by atoms with van der Waals surface area (Å²) >= 11 is 0. The molecule has 0 spiro atoms. The van der Waals surface area contributed by atoms with E-state index in [0.717, 1.165) is 17.7 Å². The molecule has 114 valence electrons. The Balaban J connectivity index is 1.61. The Kier molecular flexibility index (Phi) is 5.01. The molecule has 3 heteroatoms. The number of ether oxygens (including phenoxy) is 1. The van der Waals surface area contributed by atoms with Crippen LogP contribution in [0.25, 0.3) is 6.08 Å². The van der Waals surface area contributed by atoms with Crippen LogP contribution in [0.15, 0.2) is 66.7 Å². The van der Waals surface area contributed by atoms with Crippen LogP contribution < -0.4 is 0 Å². The van der Waals surface area contributed by atoms with Crippen molar-refractivity contribution in [3.63, 3.8) is 0 Å². The lowest BCUT2D eigenvalue weighted by Crippen LogP contribution is -2.28. The fourth-order valence-electron chi connectivity index (χ4n) is 2.46. The SMILES string of the molecule is CC1CN(OCc2ccccc2)C(C=Cc2ccccc2)O1. The third-order valence-electron chi connectivity index (χ3n) is 3.59. The van der Waals surface area contributed by atoms with Crippen LogP contribution in [0.1, 0.15) is 18.1 Å². The van der Waals surface area contributed by atoms with Gasteiger partial charge in [-0.2, -0.15) is 5.06 Å². The molecule has 0 aliphatic carbocycles. The Morgan fingerprint density at radius 3 is 2.50 bits per heavy atom. The fourth-order valence-corrected chi connectivity index (χ4v) is 2.46. The summed E-state index contributed by atoms with van der Waals surface area (Å²) in [7, 11) is 0. The molecule has 1 heterocycles. The molecular weight excluding hydrogens is 274 g/mol. The number of hydrogen-bond acceptors (Lipinski definition) is 3. The van der Waals surface area contributed by atoms with E-state index in [2.05, 4.69) is 37.3 Å². The van der Waals surface area contributed by atoms with Crippen molar-refractivity contribution in [2.24, 2.45) is 0 Å². The number of nitrogens with zero attached hydrogens (tertiary/aromatic N) is 1. The lowest BCUT2D eigenvalue weighted by atomic mass is 10.2. The van der Waals surface area contributed by atoms with Gasteiger partial charge in [-0.15, -0.1) is 0 Å². The van der Waals surface area contributed by atoms with Crippen molar-refractivity contribution in [1.29, 1.82) is 0 Å². The molecule has 1 saturated heterocycles. The van der Waals surface area contributed by atoms with Gasteiger partial charge >= 0.3 is 0 Å². The highest BCUT2D eigenvalue weighted by molar-refractivity contribution is 5.49. The summed E-state index contributed by atoms with van der Waals surface area (Å²) in [6.45, 7) is 3.40. The smallest absolute Gasteiger partial charge is 0.152 e. The molecule has 3 rings (SSSR count). The molecule has 2 aromatic rings. The largest absolute Gasteiger partial charge is 0.353 e. The fraction of sp³-hybridized carbons (Fsp3) is 0.263. The molecule has 0 radical (unpaired) electrons. The van der Waals surface area contributed by atoms with Crippen LogP contribution in [0.3, 0.4) is 0 Å². The van der Waals surface area contributed by atoms with Gasteiger partial charge in [-0.3, -0.25) is 4.84 Å². The molecular formula is C19H21NO2. The Labute approximate surface area is 131 Å². The summed E-state index contributed by atoms with van der Waals surface area (Å²) in [5.41, 5.74) is 2.32. The van der Waals surface area contributed by atoms with E-state index in [1.807, 2.05) is 47.5 Å². The predicted octanol–water partition coefficient (Wildman–Crippen LogP) is 3.88. The van der Waals surface area contributed by atoms with Crippen LogP contribution in [0.2, 0.25) is 0 Å². The van der Waals surface area contributed by atoms with Gasteiger partial charge in [0.15, 0.2) is 6.23 Å². The molecule has 22 heavy (non-hydrogen) atoms. The third kappa shape index (κ3) is 4.04. The molecule has 2 aromatic carbocycles. The number of hydrogen-bond donors (Lipinski definition) is 0. The monoisotopic (exact) mass is 295 g/mol. The summed E-state index contributed by atoms with van der Waals surface area (Å²) in [4.78, 5) is 5.92. The summed E-state index contributed by atoms with van der Waals surface area (Å²) in [6, 6.07) is 20.4. The molecule has 0 N–H and O–H groups in total. The average Bonchev–Trinajstić information content (AvgIpc) is 2.93. The number of hydroxylamine groups is 2. The van der Waals surface area contributed by atoms with E-state index in [4.69, 9.17) is 9.57 Å². The summed E-state index contributed by atoms with van der Waals surface area (Å²) < 4.78 is 5.90. The lowest BCUT2D eigenvalue weighted by molar-refractivity contribution is -0.197. The lowest BCUT2D eigenvalue weighted by Gasteiger charge is -2.19. The van der Waals surface area contributed by atoms with Gasteiger partial charge in [-0.1, -0.05) is 66.7 Å². The summed E-state index contributed by atoms with van der Waals surface area (Å²) in [5.74, 6) is 0. The van der Waals surface area contributed by atoms with E-state index in [9.17, 15) is 0 Å². The van der Waals surface area contributed by atoms with Gasteiger partial charge < -0.3 is 4.74 Å². The van der Waals surface area contributed by atoms with Gasteiger partial charge in [-0.25, -0.2) is 0 Å². The van der Waals surface area contributed by atoms with Crippen molar-refractivity contribution in [1.82, 2.24) is 5.06 Å². The van der Waals surface area contributed by atoms with Crippen molar-refractivity contribution in [3.05, 3.63) is 77.9 Å². The Hall–Kier alpha value is -1.94. The Morgan fingerprint density at radius 1 is 1.09 bits per heavy atom. The summed E-state index contributed by atoms with van der Waals surface area (Å²) in [6.07, 6.45) is 4.14.